The molecule has 4 nitrogen and oxygen atoms in total. The number of nitrogens with zero attached hydrogens (tertiary/aromatic N) is 1. The Morgan fingerprint density at radius 3 is 2.53 bits per heavy atom. The van der Waals surface area contributed by atoms with Crippen LogP contribution in [0.2, 0.25) is 0 Å². The van der Waals surface area contributed by atoms with Crippen molar-refractivity contribution in [1.82, 2.24) is 10.2 Å². The lowest BCUT2D eigenvalue weighted by atomic mass is 10.1. The number of benzene rings is 1. The first kappa shape index (κ1) is 15.7. The van der Waals surface area contributed by atoms with E-state index in [0.717, 1.165) is 18.5 Å². The monoisotopic (exact) mass is 264 g/mol. The smallest absolute Gasteiger partial charge is 0.223 e. The van der Waals surface area contributed by atoms with Crippen LogP contribution < -0.4 is 5.32 Å². The molecule has 0 fully saturated rings. The Labute approximate surface area is 115 Å². The molecule has 0 saturated heterocycles. The van der Waals surface area contributed by atoms with Crippen molar-refractivity contribution < 1.29 is 9.90 Å². The highest BCUT2D eigenvalue weighted by Crippen LogP contribution is 2.15. The predicted octanol–water partition coefficient (Wildman–Crippen LogP) is 1.57. The van der Waals surface area contributed by atoms with Crippen LogP contribution in [0.25, 0.3) is 0 Å². The number of carbonyl (C=O) groups is 1. The van der Waals surface area contributed by atoms with Gasteiger partial charge in [-0.3, -0.25) is 4.79 Å². The Balaban J connectivity index is 2.34. The third-order valence-corrected chi connectivity index (χ3v) is 2.98. The van der Waals surface area contributed by atoms with Crippen LogP contribution in [0.4, 0.5) is 0 Å². The van der Waals surface area contributed by atoms with Crippen LogP contribution in [-0.2, 0) is 4.79 Å². The maximum atomic E-state index is 11.8. The van der Waals surface area contributed by atoms with Crippen molar-refractivity contribution in [2.24, 2.45) is 0 Å². The van der Waals surface area contributed by atoms with E-state index >= 15 is 0 Å². The van der Waals surface area contributed by atoms with E-state index in [2.05, 4.69) is 10.2 Å². The van der Waals surface area contributed by atoms with E-state index in [4.69, 9.17) is 0 Å². The van der Waals surface area contributed by atoms with E-state index in [-0.39, 0.29) is 18.4 Å². The fourth-order valence-corrected chi connectivity index (χ4v) is 1.83. The van der Waals surface area contributed by atoms with Gasteiger partial charge >= 0.3 is 0 Å². The van der Waals surface area contributed by atoms with E-state index in [0.29, 0.717) is 0 Å². The van der Waals surface area contributed by atoms with Crippen LogP contribution in [-0.4, -0.2) is 42.6 Å². The SMILES string of the molecule is CC(CCN(C)C)NC(=O)CC(O)c1ccccc1. The number of amides is 1. The Kier molecular flexibility index (Phi) is 6.53. The molecule has 0 heterocycles. The quantitative estimate of drug-likeness (QED) is 0.786. The molecule has 1 aromatic carbocycles. The molecule has 1 aromatic rings. The van der Waals surface area contributed by atoms with Crippen LogP contribution in [0, 0.1) is 0 Å². The van der Waals surface area contributed by atoms with Gasteiger partial charge in [0.25, 0.3) is 0 Å². The average molecular weight is 264 g/mol. The van der Waals surface area contributed by atoms with Gasteiger partial charge in [-0.05, 0) is 39.5 Å². The second-order valence-corrected chi connectivity index (χ2v) is 5.19. The Morgan fingerprint density at radius 1 is 1.32 bits per heavy atom. The molecule has 2 N–H and O–H groups in total. The second kappa shape index (κ2) is 7.92. The van der Waals surface area contributed by atoms with Crippen LogP contribution >= 0.6 is 0 Å². The predicted molar refractivity (Wildman–Crippen MR) is 76.8 cm³/mol. The minimum absolute atomic E-state index is 0.107. The fraction of sp³-hybridized carbons (Fsp3) is 0.533. The number of hydrogen-bond donors (Lipinski definition) is 2. The van der Waals surface area contributed by atoms with E-state index in [1.165, 1.54) is 0 Å². The lowest BCUT2D eigenvalue weighted by Gasteiger charge is -2.18. The van der Waals surface area contributed by atoms with Crippen LogP contribution in [0.3, 0.4) is 0 Å². The molecule has 1 amide bonds. The first-order chi connectivity index (χ1) is 8.99. The molecule has 0 aliphatic rings. The van der Waals surface area contributed by atoms with Gasteiger partial charge in [-0.25, -0.2) is 0 Å². The van der Waals surface area contributed by atoms with Crippen molar-refractivity contribution in [2.75, 3.05) is 20.6 Å². The molecule has 0 saturated carbocycles. The van der Waals surface area contributed by atoms with Crippen molar-refractivity contribution >= 4 is 5.91 Å². The summed E-state index contributed by atoms with van der Waals surface area (Å²) in [5.74, 6) is -0.109. The Hall–Kier alpha value is -1.39. The van der Waals surface area contributed by atoms with Crippen LogP contribution in [0.15, 0.2) is 30.3 Å². The highest BCUT2D eigenvalue weighted by molar-refractivity contribution is 5.76. The number of aliphatic hydroxyl groups excluding tert-OH is 1. The summed E-state index contributed by atoms with van der Waals surface area (Å²) in [5.41, 5.74) is 0.776. The summed E-state index contributed by atoms with van der Waals surface area (Å²) in [6.07, 6.45) is 0.276. The van der Waals surface area contributed by atoms with Crippen LogP contribution in [0.5, 0.6) is 0 Å². The lowest BCUT2D eigenvalue weighted by Crippen LogP contribution is -2.35. The third kappa shape index (κ3) is 6.36. The van der Waals surface area contributed by atoms with Crippen LogP contribution in [0.1, 0.15) is 31.4 Å². The first-order valence-electron chi connectivity index (χ1n) is 6.66. The molecular weight excluding hydrogens is 240 g/mol. The Morgan fingerprint density at radius 2 is 1.95 bits per heavy atom. The van der Waals surface area contributed by atoms with Crippen molar-refractivity contribution in [1.29, 1.82) is 0 Å². The Bertz CT molecular complexity index is 379. The van der Waals surface area contributed by atoms with Gasteiger partial charge in [0.1, 0.15) is 0 Å². The second-order valence-electron chi connectivity index (χ2n) is 5.19. The normalized spacial score (nSPS) is 14.2. The number of carbonyl (C=O) groups excluding carboxylic acids is 1. The molecule has 0 aliphatic carbocycles. The molecule has 4 heteroatoms. The molecule has 0 aromatic heterocycles. The minimum atomic E-state index is -0.734. The lowest BCUT2D eigenvalue weighted by molar-refractivity contribution is -0.123. The van der Waals surface area contributed by atoms with Crippen molar-refractivity contribution in [3.63, 3.8) is 0 Å². The molecular formula is C15H24N2O2. The zero-order valence-corrected chi connectivity index (χ0v) is 12.0. The van der Waals surface area contributed by atoms with Gasteiger partial charge in [0.2, 0.25) is 5.91 Å². The molecule has 0 aliphatic heterocycles. The summed E-state index contributed by atoms with van der Waals surface area (Å²) in [6, 6.07) is 9.38. The standard InChI is InChI=1S/C15H24N2O2/c1-12(9-10-17(2)3)16-15(19)11-14(18)13-7-5-4-6-8-13/h4-8,12,14,18H,9-11H2,1-3H3,(H,16,19). The van der Waals surface area contributed by atoms with Gasteiger partial charge in [-0.2, -0.15) is 0 Å². The summed E-state index contributed by atoms with van der Waals surface area (Å²) in [4.78, 5) is 13.9. The highest BCUT2D eigenvalue weighted by Gasteiger charge is 2.14. The number of aliphatic hydroxyl groups is 1. The summed E-state index contributed by atoms with van der Waals surface area (Å²) in [7, 11) is 4.02. The summed E-state index contributed by atoms with van der Waals surface area (Å²) in [6.45, 7) is 2.92. The van der Waals surface area contributed by atoms with Gasteiger partial charge in [0.15, 0.2) is 0 Å². The number of hydrogen-bond acceptors (Lipinski definition) is 3. The molecule has 0 spiro atoms. The molecule has 19 heavy (non-hydrogen) atoms. The largest absolute Gasteiger partial charge is 0.388 e. The average Bonchev–Trinajstić information content (AvgIpc) is 2.37. The maximum absolute atomic E-state index is 11.8. The van der Waals surface area contributed by atoms with Gasteiger partial charge in [0, 0.05) is 6.04 Å². The van der Waals surface area contributed by atoms with E-state index in [1.807, 2.05) is 51.4 Å². The summed E-state index contributed by atoms with van der Waals surface area (Å²) >= 11 is 0. The van der Waals surface area contributed by atoms with E-state index in [9.17, 15) is 9.90 Å². The van der Waals surface area contributed by atoms with Gasteiger partial charge in [-0.15, -0.1) is 0 Å². The van der Waals surface area contributed by atoms with Crippen molar-refractivity contribution in [2.45, 2.75) is 31.9 Å². The molecule has 2 unspecified atom stereocenters. The maximum Gasteiger partial charge on any atom is 0.223 e. The van der Waals surface area contributed by atoms with Gasteiger partial charge in [0.05, 0.1) is 12.5 Å². The molecule has 0 radical (unpaired) electrons. The highest BCUT2D eigenvalue weighted by atomic mass is 16.3. The summed E-state index contributed by atoms with van der Waals surface area (Å²) in [5, 5.41) is 12.9. The van der Waals surface area contributed by atoms with Gasteiger partial charge < -0.3 is 15.3 Å². The van der Waals surface area contributed by atoms with Gasteiger partial charge in [-0.1, -0.05) is 30.3 Å². The molecule has 0 bridgehead atoms. The molecule has 106 valence electrons. The van der Waals surface area contributed by atoms with Crippen molar-refractivity contribution in [3.05, 3.63) is 35.9 Å². The zero-order chi connectivity index (χ0) is 14.3. The first-order valence-corrected chi connectivity index (χ1v) is 6.66. The summed E-state index contributed by atoms with van der Waals surface area (Å²) < 4.78 is 0. The van der Waals surface area contributed by atoms with Crippen molar-refractivity contribution in [3.8, 4) is 0 Å². The fourth-order valence-electron chi connectivity index (χ4n) is 1.83. The van der Waals surface area contributed by atoms with E-state index in [1.54, 1.807) is 0 Å². The number of nitrogens with one attached hydrogen (secondary N) is 1. The molecule has 1 rings (SSSR count). The number of rotatable bonds is 7. The molecule has 2 atom stereocenters. The van der Waals surface area contributed by atoms with E-state index < -0.39 is 6.10 Å². The third-order valence-electron chi connectivity index (χ3n) is 2.98. The topological polar surface area (TPSA) is 52.6 Å². The zero-order valence-electron chi connectivity index (χ0n) is 12.0. The minimum Gasteiger partial charge on any atom is -0.388 e.